The smallest absolute Gasteiger partial charge is 0.151 e. The molecule has 0 aromatic heterocycles. The minimum absolute atomic E-state index is 0.125. The van der Waals surface area contributed by atoms with Crippen LogP contribution < -0.4 is 0 Å². The maximum absolute atomic E-state index is 8.33. The van der Waals surface area contributed by atoms with E-state index in [1.807, 2.05) is 0 Å². The van der Waals surface area contributed by atoms with Crippen LogP contribution in [-0.2, 0) is 14.2 Å². The van der Waals surface area contributed by atoms with Crippen LogP contribution in [0, 0.1) is 0 Å². The van der Waals surface area contributed by atoms with E-state index in [2.05, 4.69) is 6.92 Å². The molecule has 2 unspecified atom stereocenters. The second kappa shape index (κ2) is 14.6. The number of unbranched alkanes of at least 4 members (excludes halogenated alkanes) is 2. The predicted octanol–water partition coefficient (Wildman–Crippen LogP) is -0.351. The molecule has 2 heterocycles. The number of aliphatic hydroxyl groups excluding tert-OH is 3. The summed E-state index contributed by atoms with van der Waals surface area (Å²) in [5.74, 6) is 0. The third kappa shape index (κ3) is 19.7. The zero-order chi connectivity index (χ0) is 15.9. The molecule has 0 amide bonds. The summed E-state index contributed by atoms with van der Waals surface area (Å²) in [6, 6.07) is 0. The molecule has 4 N–H and O–H groups in total. The quantitative estimate of drug-likeness (QED) is 0.261. The summed E-state index contributed by atoms with van der Waals surface area (Å²) in [7, 11) is 0. The summed E-state index contributed by atoms with van der Waals surface area (Å²) in [6.07, 6.45) is 3.36. The summed E-state index contributed by atoms with van der Waals surface area (Å²) >= 11 is 0. The molecule has 0 aromatic carbocycles. The highest BCUT2D eigenvalue weighted by Crippen LogP contribution is 2.12. The Morgan fingerprint density at radius 2 is 1.48 bits per heavy atom. The summed E-state index contributed by atoms with van der Waals surface area (Å²) in [4.78, 5) is 0. The van der Waals surface area contributed by atoms with Crippen LogP contribution in [-0.4, -0.2) is 78.6 Å². The van der Waals surface area contributed by atoms with Gasteiger partial charge in [0.25, 0.3) is 0 Å². The molecule has 0 saturated carbocycles. The molecule has 0 bridgehead atoms. The van der Waals surface area contributed by atoms with Gasteiger partial charge in [0.2, 0.25) is 0 Å². The van der Waals surface area contributed by atoms with Gasteiger partial charge in [-0.05, 0) is 12.8 Å². The monoisotopic (exact) mass is 310 g/mol. The van der Waals surface area contributed by atoms with Gasteiger partial charge in [-0.15, -0.1) is 0 Å². The summed E-state index contributed by atoms with van der Waals surface area (Å²) in [5.41, 5.74) is 0. The zero-order valence-corrected chi connectivity index (χ0v) is 12.8. The summed E-state index contributed by atoms with van der Waals surface area (Å²) in [5, 5.41) is 31.9. The Bertz CT molecular complexity index is 191. The second-order valence-electron chi connectivity index (χ2n) is 4.87. The first kappa shape index (κ1) is 20.7. The van der Waals surface area contributed by atoms with Crippen molar-refractivity contribution in [3.63, 3.8) is 0 Å². The molecule has 2 rings (SSSR count). The zero-order valence-electron chi connectivity index (χ0n) is 12.8. The van der Waals surface area contributed by atoms with Crippen molar-refractivity contribution >= 4 is 0 Å². The molecule has 21 heavy (non-hydrogen) atoms. The molecule has 0 aliphatic carbocycles. The van der Waals surface area contributed by atoms with E-state index in [1.165, 1.54) is 0 Å². The Balaban J connectivity index is 0.000000310. The van der Waals surface area contributed by atoms with Gasteiger partial charge in [-0.1, -0.05) is 19.8 Å². The van der Waals surface area contributed by atoms with Crippen molar-refractivity contribution in [1.29, 1.82) is 0 Å². The van der Waals surface area contributed by atoms with Gasteiger partial charge in [0.1, 0.15) is 12.2 Å². The van der Waals surface area contributed by atoms with Crippen molar-refractivity contribution in [2.75, 3.05) is 39.6 Å². The van der Waals surface area contributed by atoms with Gasteiger partial charge in [-0.3, -0.25) is 0 Å². The molecule has 2 aliphatic rings. The van der Waals surface area contributed by atoms with E-state index in [4.69, 9.17) is 34.6 Å². The van der Waals surface area contributed by atoms with E-state index in [-0.39, 0.29) is 13.2 Å². The van der Waals surface area contributed by atoms with Gasteiger partial charge in [0.15, 0.2) is 6.29 Å². The fourth-order valence-electron chi connectivity index (χ4n) is 1.24. The highest BCUT2D eigenvalue weighted by atomic mass is 16.6. The lowest BCUT2D eigenvalue weighted by Gasteiger charge is -1.99. The number of hydrogen-bond donors (Lipinski definition) is 4. The molecule has 128 valence electrons. The van der Waals surface area contributed by atoms with Crippen LogP contribution in [0.1, 0.15) is 32.6 Å². The lowest BCUT2D eigenvalue weighted by Crippen LogP contribution is -2.06. The fourth-order valence-corrected chi connectivity index (χ4v) is 1.24. The predicted molar refractivity (Wildman–Crippen MR) is 76.8 cm³/mol. The summed E-state index contributed by atoms with van der Waals surface area (Å²) in [6.45, 7) is 5.10. The number of rotatable bonds is 9. The van der Waals surface area contributed by atoms with Crippen LogP contribution >= 0.6 is 0 Å². The normalized spacial score (nSPS) is 22.0. The van der Waals surface area contributed by atoms with Crippen LogP contribution in [0.3, 0.4) is 0 Å². The van der Waals surface area contributed by atoms with Gasteiger partial charge < -0.3 is 34.6 Å². The maximum Gasteiger partial charge on any atom is 0.151 e. The van der Waals surface area contributed by atoms with E-state index in [0.29, 0.717) is 18.6 Å². The number of ether oxygens (including phenoxy) is 3. The van der Waals surface area contributed by atoms with E-state index in [1.54, 1.807) is 0 Å². The Kier molecular flexibility index (Phi) is 14.5. The average molecular weight is 310 g/mol. The van der Waals surface area contributed by atoms with Crippen LogP contribution in [0.4, 0.5) is 0 Å². The molecule has 2 fully saturated rings. The molecule has 0 radical (unpaired) electrons. The lowest BCUT2D eigenvalue weighted by atomic mass is 10.2. The van der Waals surface area contributed by atoms with Crippen LogP contribution in [0.5, 0.6) is 0 Å². The third-order valence-electron chi connectivity index (χ3n) is 2.58. The first-order valence-corrected chi connectivity index (χ1v) is 7.52. The standard InChI is InChI=1S/C6H10O3.C6H14O2.C2H6O2/c1(5-3-8-5)7-2-6-4-9-6;1-2-3-4-5-6(7)8;3-1-2-4/h5-6H,1-4H2;6-8H,2-5H2,1H3;3-4H,1-2H2. The first-order chi connectivity index (χ1) is 10.1. The third-order valence-corrected chi connectivity index (χ3v) is 2.58. The maximum atomic E-state index is 8.33. The van der Waals surface area contributed by atoms with Gasteiger partial charge in [-0.2, -0.15) is 0 Å². The van der Waals surface area contributed by atoms with Crippen LogP contribution in [0.2, 0.25) is 0 Å². The van der Waals surface area contributed by atoms with Gasteiger partial charge in [0.05, 0.1) is 39.6 Å². The second-order valence-corrected chi connectivity index (χ2v) is 4.87. The van der Waals surface area contributed by atoms with Crippen molar-refractivity contribution in [2.45, 2.75) is 51.1 Å². The molecule has 7 heteroatoms. The number of hydrogen-bond acceptors (Lipinski definition) is 7. The Morgan fingerprint density at radius 3 is 1.76 bits per heavy atom. The van der Waals surface area contributed by atoms with E-state index < -0.39 is 6.29 Å². The van der Waals surface area contributed by atoms with Crippen molar-refractivity contribution in [2.24, 2.45) is 0 Å². The van der Waals surface area contributed by atoms with E-state index in [0.717, 1.165) is 45.7 Å². The topological polar surface area (TPSA) is 115 Å². The Labute approximate surface area is 126 Å². The average Bonchev–Trinajstić information content (AvgIpc) is 3.35. The van der Waals surface area contributed by atoms with Crippen molar-refractivity contribution in [3.8, 4) is 0 Å². The van der Waals surface area contributed by atoms with Gasteiger partial charge >= 0.3 is 0 Å². The number of epoxide rings is 2. The minimum atomic E-state index is -1.10. The van der Waals surface area contributed by atoms with Crippen molar-refractivity contribution in [3.05, 3.63) is 0 Å². The molecule has 0 spiro atoms. The molecule has 2 saturated heterocycles. The first-order valence-electron chi connectivity index (χ1n) is 7.52. The number of aliphatic hydroxyl groups is 4. The Morgan fingerprint density at radius 1 is 1.00 bits per heavy atom. The lowest BCUT2D eigenvalue weighted by molar-refractivity contribution is -0.0465. The molecule has 7 nitrogen and oxygen atoms in total. The highest BCUT2D eigenvalue weighted by Gasteiger charge is 2.26. The summed E-state index contributed by atoms with van der Waals surface area (Å²) < 4.78 is 15.1. The van der Waals surface area contributed by atoms with Gasteiger partial charge in [-0.25, -0.2) is 0 Å². The van der Waals surface area contributed by atoms with E-state index >= 15 is 0 Å². The largest absolute Gasteiger partial charge is 0.394 e. The molecule has 0 aromatic rings. The fraction of sp³-hybridized carbons (Fsp3) is 1.00. The SMILES string of the molecule is C(OCC1CO1)C1CO1.CCCCCC(O)O.OCCO. The van der Waals surface area contributed by atoms with E-state index in [9.17, 15) is 0 Å². The van der Waals surface area contributed by atoms with Crippen LogP contribution in [0.25, 0.3) is 0 Å². The Hall–Kier alpha value is -0.280. The molecular formula is C14H30O7. The minimum Gasteiger partial charge on any atom is -0.394 e. The van der Waals surface area contributed by atoms with Crippen LogP contribution in [0.15, 0.2) is 0 Å². The van der Waals surface area contributed by atoms with Crippen molar-refractivity contribution in [1.82, 2.24) is 0 Å². The highest BCUT2D eigenvalue weighted by molar-refractivity contribution is 4.71. The molecular weight excluding hydrogens is 280 g/mol. The van der Waals surface area contributed by atoms with Gasteiger partial charge in [0, 0.05) is 0 Å². The van der Waals surface area contributed by atoms with Crippen molar-refractivity contribution < 1.29 is 34.6 Å². The molecule has 2 atom stereocenters. The molecule has 2 aliphatic heterocycles.